The van der Waals surface area contributed by atoms with Crippen molar-refractivity contribution in [3.8, 4) is 0 Å². The third-order valence-electron chi connectivity index (χ3n) is 2.89. The monoisotopic (exact) mass is 221 g/mol. The highest BCUT2D eigenvalue weighted by molar-refractivity contribution is 5.59. The van der Waals surface area contributed by atoms with Gasteiger partial charge in [0.25, 0.3) is 5.69 Å². The van der Waals surface area contributed by atoms with Crippen molar-refractivity contribution in [3.63, 3.8) is 0 Å². The quantitative estimate of drug-likeness (QED) is 0.479. The number of hydrogen-bond acceptors (Lipinski definition) is 4. The van der Waals surface area contributed by atoms with Gasteiger partial charge < -0.3 is 5.73 Å². The van der Waals surface area contributed by atoms with Crippen LogP contribution in [-0.4, -0.2) is 22.9 Å². The molecule has 86 valence electrons. The largest absolute Gasteiger partial charge is 0.393 e. The Morgan fingerprint density at radius 1 is 1.38 bits per heavy atom. The number of likely N-dealkylation sites (tertiary alicyclic amines) is 1. The Morgan fingerprint density at radius 3 is 2.62 bits per heavy atom. The van der Waals surface area contributed by atoms with Crippen LogP contribution < -0.4 is 5.73 Å². The van der Waals surface area contributed by atoms with Crippen molar-refractivity contribution in [1.29, 1.82) is 0 Å². The van der Waals surface area contributed by atoms with E-state index in [1.54, 1.807) is 12.1 Å². The number of nitro benzene ring substituents is 1. The number of hydrogen-bond donors (Lipinski definition) is 1. The fourth-order valence-corrected chi connectivity index (χ4v) is 2.07. The average molecular weight is 221 g/mol. The Morgan fingerprint density at radius 2 is 2.06 bits per heavy atom. The van der Waals surface area contributed by atoms with Gasteiger partial charge in [0.1, 0.15) is 5.69 Å². The summed E-state index contributed by atoms with van der Waals surface area (Å²) >= 11 is 0. The molecule has 1 fully saturated rings. The van der Waals surface area contributed by atoms with E-state index in [0.29, 0.717) is 0 Å². The lowest BCUT2D eigenvalue weighted by molar-refractivity contribution is -0.383. The van der Waals surface area contributed by atoms with Gasteiger partial charge in [0.05, 0.1) is 4.92 Å². The minimum atomic E-state index is -0.449. The zero-order valence-corrected chi connectivity index (χ0v) is 9.06. The van der Waals surface area contributed by atoms with Crippen LogP contribution >= 0.6 is 0 Å². The summed E-state index contributed by atoms with van der Waals surface area (Å²) in [5.74, 6) is 0. The molecule has 2 N–H and O–H groups in total. The fourth-order valence-electron chi connectivity index (χ4n) is 2.07. The second-order valence-electron chi connectivity index (χ2n) is 4.13. The topological polar surface area (TPSA) is 72.4 Å². The summed E-state index contributed by atoms with van der Waals surface area (Å²) in [6.45, 7) is 3.05. The number of nitrogen functional groups attached to an aromatic ring is 1. The van der Waals surface area contributed by atoms with Crippen LogP contribution in [0.25, 0.3) is 0 Å². The lowest BCUT2D eigenvalue weighted by Gasteiger charge is -2.14. The second-order valence-corrected chi connectivity index (χ2v) is 4.13. The highest BCUT2D eigenvalue weighted by Crippen LogP contribution is 2.23. The van der Waals surface area contributed by atoms with E-state index in [1.807, 2.05) is 0 Å². The smallest absolute Gasteiger partial charge is 0.292 e. The molecule has 16 heavy (non-hydrogen) atoms. The van der Waals surface area contributed by atoms with Gasteiger partial charge in [0.15, 0.2) is 0 Å². The Hall–Kier alpha value is -1.62. The summed E-state index contributed by atoms with van der Waals surface area (Å²) in [5, 5.41) is 10.6. The number of nitrogens with zero attached hydrogens (tertiary/aromatic N) is 2. The first kappa shape index (κ1) is 10.9. The standard InChI is InChI=1S/C11H15N3O2/c12-10-7-9(3-4-11(10)14(15)16)8-13-5-1-2-6-13/h3-4,7H,1-2,5-6,8,12H2. The van der Waals surface area contributed by atoms with Crippen LogP contribution in [0.5, 0.6) is 0 Å². The molecule has 0 spiro atoms. The van der Waals surface area contributed by atoms with Gasteiger partial charge in [-0.2, -0.15) is 0 Å². The summed E-state index contributed by atoms with van der Waals surface area (Å²) < 4.78 is 0. The van der Waals surface area contributed by atoms with Gasteiger partial charge in [-0.15, -0.1) is 0 Å². The summed E-state index contributed by atoms with van der Waals surface area (Å²) in [6.07, 6.45) is 2.48. The first-order valence-corrected chi connectivity index (χ1v) is 5.42. The van der Waals surface area contributed by atoms with Crippen LogP contribution in [-0.2, 0) is 6.54 Å². The van der Waals surface area contributed by atoms with Crippen LogP contribution in [0.3, 0.4) is 0 Å². The molecule has 0 radical (unpaired) electrons. The van der Waals surface area contributed by atoms with Crippen molar-refractivity contribution in [2.45, 2.75) is 19.4 Å². The zero-order chi connectivity index (χ0) is 11.5. The van der Waals surface area contributed by atoms with E-state index in [-0.39, 0.29) is 11.4 Å². The van der Waals surface area contributed by atoms with Gasteiger partial charge >= 0.3 is 0 Å². The van der Waals surface area contributed by atoms with Gasteiger partial charge in [0.2, 0.25) is 0 Å². The minimum absolute atomic E-state index is 0.00910. The van der Waals surface area contributed by atoms with Crippen LogP contribution in [0.4, 0.5) is 11.4 Å². The normalized spacial score (nSPS) is 16.5. The van der Waals surface area contributed by atoms with Crippen molar-refractivity contribution in [2.75, 3.05) is 18.8 Å². The van der Waals surface area contributed by atoms with E-state index >= 15 is 0 Å². The van der Waals surface area contributed by atoms with E-state index in [2.05, 4.69) is 4.90 Å². The van der Waals surface area contributed by atoms with E-state index in [9.17, 15) is 10.1 Å². The summed E-state index contributed by atoms with van der Waals surface area (Å²) in [7, 11) is 0. The molecule has 1 heterocycles. The Balaban J connectivity index is 2.11. The third-order valence-corrected chi connectivity index (χ3v) is 2.89. The number of anilines is 1. The lowest BCUT2D eigenvalue weighted by Crippen LogP contribution is -2.18. The molecule has 2 rings (SSSR count). The molecule has 0 atom stereocenters. The zero-order valence-electron chi connectivity index (χ0n) is 9.06. The van der Waals surface area contributed by atoms with Crippen LogP contribution in [0.2, 0.25) is 0 Å². The molecule has 0 saturated carbocycles. The van der Waals surface area contributed by atoms with E-state index in [1.165, 1.54) is 18.9 Å². The maximum atomic E-state index is 10.6. The van der Waals surface area contributed by atoms with Crippen LogP contribution in [0.15, 0.2) is 18.2 Å². The van der Waals surface area contributed by atoms with Crippen molar-refractivity contribution < 1.29 is 4.92 Å². The van der Waals surface area contributed by atoms with Crippen molar-refractivity contribution >= 4 is 11.4 Å². The molecular weight excluding hydrogens is 206 g/mol. The third kappa shape index (κ3) is 2.30. The van der Waals surface area contributed by atoms with E-state index in [4.69, 9.17) is 5.73 Å². The Bertz CT molecular complexity index is 400. The summed E-state index contributed by atoms with van der Waals surface area (Å²) in [4.78, 5) is 12.5. The molecule has 0 aromatic heterocycles. The molecule has 1 aliphatic heterocycles. The second kappa shape index (κ2) is 4.49. The number of nitrogens with two attached hydrogens (primary N) is 1. The van der Waals surface area contributed by atoms with Crippen molar-refractivity contribution in [1.82, 2.24) is 4.90 Å². The lowest BCUT2D eigenvalue weighted by atomic mass is 10.1. The van der Waals surface area contributed by atoms with Crippen LogP contribution in [0.1, 0.15) is 18.4 Å². The highest BCUT2D eigenvalue weighted by atomic mass is 16.6. The molecular formula is C11H15N3O2. The predicted molar refractivity (Wildman–Crippen MR) is 62.0 cm³/mol. The predicted octanol–water partition coefficient (Wildman–Crippen LogP) is 1.77. The fraction of sp³-hybridized carbons (Fsp3) is 0.455. The van der Waals surface area contributed by atoms with E-state index in [0.717, 1.165) is 25.2 Å². The van der Waals surface area contributed by atoms with Crippen molar-refractivity contribution in [2.24, 2.45) is 0 Å². The average Bonchev–Trinajstić information content (AvgIpc) is 2.70. The first-order valence-electron chi connectivity index (χ1n) is 5.42. The van der Waals surface area contributed by atoms with Gasteiger partial charge in [0, 0.05) is 12.6 Å². The van der Waals surface area contributed by atoms with Gasteiger partial charge in [-0.05, 0) is 37.6 Å². The molecule has 1 aromatic carbocycles. The Labute approximate surface area is 94.0 Å². The number of nitro groups is 1. The minimum Gasteiger partial charge on any atom is -0.393 e. The van der Waals surface area contributed by atoms with Gasteiger partial charge in [-0.3, -0.25) is 15.0 Å². The number of rotatable bonds is 3. The molecule has 0 unspecified atom stereocenters. The molecule has 5 heteroatoms. The van der Waals surface area contributed by atoms with Gasteiger partial charge in [-0.25, -0.2) is 0 Å². The first-order chi connectivity index (χ1) is 7.66. The SMILES string of the molecule is Nc1cc(CN2CCCC2)ccc1[N+](=O)[O-]. The molecule has 0 aliphatic carbocycles. The van der Waals surface area contributed by atoms with Gasteiger partial charge in [-0.1, -0.05) is 6.07 Å². The van der Waals surface area contributed by atoms with E-state index < -0.39 is 4.92 Å². The van der Waals surface area contributed by atoms with Crippen molar-refractivity contribution in [3.05, 3.63) is 33.9 Å². The molecule has 1 saturated heterocycles. The highest BCUT2D eigenvalue weighted by Gasteiger charge is 2.14. The summed E-state index contributed by atoms with van der Waals surface area (Å²) in [6, 6.07) is 4.98. The molecule has 5 nitrogen and oxygen atoms in total. The van der Waals surface area contributed by atoms with Crippen LogP contribution in [0, 0.1) is 10.1 Å². The molecule has 0 bridgehead atoms. The molecule has 1 aliphatic rings. The maximum Gasteiger partial charge on any atom is 0.292 e. The summed E-state index contributed by atoms with van der Waals surface area (Å²) in [5.41, 5.74) is 6.93. The molecule has 1 aromatic rings. The maximum absolute atomic E-state index is 10.6. The molecule has 0 amide bonds. The number of benzene rings is 1. The Kier molecular flexibility index (Phi) is 3.05.